The SMILES string of the molecule is C[C@H]1CC(=S)N[C@@H]2[C@H](Cl)[C@@H]21. The van der Waals surface area contributed by atoms with Crippen LogP contribution in [0, 0.1) is 11.8 Å². The van der Waals surface area contributed by atoms with Crippen molar-refractivity contribution in [3.63, 3.8) is 0 Å². The molecule has 0 bridgehead atoms. The molecule has 1 saturated carbocycles. The molecule has 1 saturated heterocycles. The van der Waals surface area contributed by atoms with Gasteiger partial charge in [-0.1, -0.05) is 19.1 Å². The van der Waals surface area contributed by atoms with Gasteiger partial charge < -0.3 is 5.32 Å². The number of nitrogens with one attached hydrogen (secondary N) is 1. The zero-order chi connectivity index (χ0) is 7.30. The van der Waals surface area contributed by atoms with Crippen LogP contribution in [-0.4, -0.2) is 16.4 Å². The minimum absolute atomic E-state index is 0.343. The summed E-state index contributed by atoms with van der Waals surface area (Å²) in [7, 11) is 0. The predicted octanol–water partition coefficient (Wildman–Crippen LogP) is 1.55. The van der Waals surface area contributed by atoms with Crippen molar-refractivity contribution in [3.05, 3.63) is 0 Å². The maximum Gasteiger partial charge on any atom is 0.0758 e. The summed E-state index contributed by atoms with van der Waals surface area (Å²) in [6, 6.07) is 0.498. The van der Waals surface area contributed by atoms with E-state index >= 15 is 0 Å². The first-order chi connectivity index (χ1) is 4.70. The fourth-order valence-corrected chi connectivity index (χ4v) is 2.76. The summed E-state index contributed by atoms with van der Waals surface area (Å²) in [6.07, 6.45) is 1.03. The van der Waals surface area contributed by atoms with Crippen molar-refractivity contribution in [2.75, 3.05) is 0 Å². The lowest BCUT2D eigenvalue weighted by molar-refractivity contribution is 0.480. The molecule has 10 heavy (non-hydrogen) atoms. The van der Waals surface area contributed by atoms with Crippen LogP contribution in [-0.2, 0) is 0 Å². The highest BCUT2D eigenvalue weighted by molar-refractivity contribution is 7.80. The first kappa shape index (κ1) is 6.86. The van der Waals surface area contributed by atoms with Crippen molar-refractivity contribution in [2.24, 2.45) is 11.8 Å². The molecular formula is C7H10ClNS. The lowest BCUT2D eigenvalue weighted by atomic mass is 9.99. The Morgan fingerprint density at radius 2 is 2.40 bits per heavy atom. The number of alkyl halides is 1. The van der Waals surface area contributed by atoms with Gasteiger partial charge in [-0.25, -0.2) is 0 Å². The van der Waals surface area contributed by atoms with Crippen molar-refractivity contribution in [2.45, 2.75) is 24.8 Å². The fraction of sp³-hybridized carbons (Fsp3) is 0.857. The molecule has 0 aromatic carbocycles. The van der Waals surface area contributed by atoms with Crippen molar-refractivity contribution < 1.29 is 0 Å². The van der Waals surface area contributed by atoms with E-state index in [0.717, 1.165) is 11.4 Å². The zero-order valence-electron chi connectivity index (χ0n) is 5.80. The molecule has 1 aliphatic carbocycles. The quantitative estimate of drug-likeness (QED) is 0.443. The number of halogens is 1. The van der Waals surface area contributed by atoms with Gasteiger partial charge in [-0.2, -0.15) is 0 Å². The summed E-state index contributed by atoms with van der Waals surface area (Å²) in [4.78, 5) is 0.997. The molecule has 0 aromatic rings. The molecule has 0 amide bonds. The molecular weight excluding hydrogens is 166 g/mol. The van der Waals surface area contributed by atoms with Gasteiger partial charge in [0.15, 0.2) is 0 Å². The minimum atomic E-state index is 0.343. The number of piperidine rings is 1. The van der Waals surface area contributed by atoms with Crippen LogP contribution < -0.4 is 5.32 Å². The Labute approximate surface area is 71.1 Å². The van der Waals surface area contributed by atoms with Crippen LogP contribution >= 0.6 is 23.8 Å². The van der Waals surface area contributed by atoms with Crippen molar-refractivity contribution in [3.8, 4) is 0 Å². The molecule has 0 radical (unpaired) electrons. The molecule has 4 atom stereocenters. The minimum Gasteiger partial charge on any atom is -0.375 e. The van der Waals surface area contributed by atoms with E-state index in [9.17, 15) is 0 Å². The Balaban J connectivity index is 2.09. The molecule has 1 nitrogen and oxygen atoms in total. The van der Waals surface area contributed by atoms with Gasteiger partial charge >= 0.3 is 0 Å². The normalized spacial score (nSPS) is 51.6. The first-order valence-electron chi connectivity index (χ1n) is 3.63. The van der Waals surface area contributed by atoms with Gasteiger partial charge in [0.1, 0.15) is 0 Å². The Kier molecular flexibility index (Phi) is 1.43. The van der Waals surface area contributed by atoms with Crippen molar-refractivity contribution in [1.29, 1.82) is 0 Å². The summed E-state index contributed by atoms with van der Waals surface area (Å²) < 4.78 is 0. The third kappa shape index (κ3) is 0.857. The standard InChI is InChI=1S/C7H10ClNS/c1-3-2-4(10)9-7-5(3)6(7)8/h3,5-7H,2H2,1H3,(H,9,10)/t3-,5-,6+,7-/m0/s1. The van der Waals surface area contributed by atoms with Gasteiger partial charge in [-0.05, 0) is 5.92 Å². The van der Waals surface area contributed by atoms with Gasteiger partial charge in [0, 0.05) is 18.4 Å². The lowest BCUT2D eigenvalue weighted by Crippen LogP contribution is -2.33. The van der Waals surface area contributed by atoms with Gasteiger partial charge in [0.2, 0.25) is 0 Å². The van der Waals surface area contributed by atoms with Crippen LogP contribution in [0.5, 0.6) is 0 Å². The summed E-state index contributed by atoms with van der Waals surface area (Å²) >= 11 is 11.1. The molecule has 3 heteroatoms. The van der Waals surface area contributed by atoms with Crippen molar-refractivity contribution in [1.82, 2.24) is 5.32 Å². The number of hydrogen-bond donors (Lipinski definition) is 1. The maximum atomic E-state index is 6.00. The third-order valence-corrected chi connectivity index (χ3v) is 3.32. The second kappa shape index (κ2) is 2.08. The molecule has 2 rings (SSSR count). The Morgan fingerprint density at radius 1 is 1.70 bits per heavy atom. The predicted molar refractivity (Wildman–Crippen MR) is 46.4 cm³/mol. The summed E-state index contributed by atoms with van der Waals surface area (Å²) in [5.41, 5.74) is 0. The average Bonchev–Trinajstić information content (AvgIpc) is 2.42. The number of rotatable bonds is 0. The van der Waals surface area contributed by atoms with E-state index in [1.54, 1.807) is 0 Å². The van der Waals surface area contributed by atoms with Gasteiger partial charge in [0.25, 0.3) is 0 Å². The highest BCUT2D eigenvalue weighted by Crippen LogP contribution is 2.46. The van der Waals surface area contributed by atoms with E-state index in [-0.39, 0.29) is 0 Å². The van der Waals surface area contributed by atoms with E-state index in [2.05, 4.69) is 12.2 Å². The Hall–Kier alpha value is 0.180. The lowest BCUT2D eigenvalue weighted by Gasteiger charge is -2.18. The third-order valence-electron chi connectivity index (χ3n) is 2.48. The molecule has 1 aliphatic heterocycles. The molecule has 2 fully saturated rings. The van der Waals surface area contributed by atoms with E-state index in [4.69, 9.17) is 23.8 Å². The van der Waals surface area contributed by atoms with E-state index in [0.29, 0.717) is 23.3 Å². The van der Waals surface area contributed by atoms with Crippen LogP contribution in [0.3, 0.4) is 0 Å². The number of hydrogen-bond acceptors (Lipinski definition) is 1. The molecule has 56 valence electrons. The Morgan fingerprint density at radius 3 is 3.00 bits per heavy atom. The highest BCUT2D eigenvalue weighted by atomic mass is 35.5. The molecule has 1 N–H and O–H groups in total. The molecule has 1 heterocycles. The van der Waals surface area contributed by atoms with Gasteiger partial charge in [0.05, 0.1) is 10.4 Å². The summed E-state index contributed by atoms with van der Waals surface area (Å²) in [5, 5.41) is 3.58. The van der Waals surface area contributed by atoms with Gasteiger partial charge in [-0.15, -0.1) is 11.6 Å². The van der Waals surface area contributed by atoms with E-state index < -0.39 is 0 Å². The summed E-state index contributed by atoms with van der Waals surface area (Å²) in [5.74, 6) is 1.38. The van der Waals surface area contributed by atoms with Crippen LogP contribution in [0.25, 0.3) is 0 Å². The largest absolute Gasteiger partial charge is 0.375 e. The highest BCUT2D eigenvalue weighted by Gasteiger charge is 2.54. The maximum absolute atomic E-state index is 6.00. The monoisotopic (exact) mass is 175 g/mol. The second-order valence-electron chi connectivity index (χ2n) is 3.30. The van der Waals surface area contributed by atoms with E-state index in [1.165, 1.54) is 0 Å². The van der Waals surface area contributed by atoms with Crippen LogP contribution in [0.4, 0.5) is 0 Å². The molecule has 0 spiro atoms. The van der Waals surface area contributed by atoms with Crippen LogP contribution in [0.1, 0.15) is 13.3 Å². The first-order valence-corrected chi connectivity index (χ1v) is 4.48. The molecule has 2 aliphatic rings. The Bertz CT molecular complexity index is 172. The number of thiocarbonyl (C=S) groups is 1. The van der Waals surface area contributed by atoms with Crippen LogP contribution in [0.15, 0.2) is 0 Å². The molecule has 0 unspecified atom stereocenters. The van der Waals surface area contributed by atoms with Crippen molar-refractivity contribution >= 4 is 28.8 Å². The topological polar surface area (TPSA) is 12.0 Å². The van der Waals surface area contributed by atoms with Gasteiger partial charge in [-0.3, -0.25) is 0 Å². The fourth-order valence-electron chi connectivity index (χ4n) is 1.81. The second-order valence-corrected chi connectivity index (χ2v) is 4.29. The zero-order valence-corrected chi connectivity index (χ0v) is 7.38. The summed E-state index contributed by atoms with van der Waals surface area (Å²) in [6.45, 7) is 2.23. The average molecular weight is 176 g/mol. The number of fused-ring (bicyclic) bond motifs is 1. The molecule has 0 aromatic heterocycles. The van der Waals surface area contributed by atoms with E-state index in [1.807, 2.05) is 0 Å². The van der Waals surface area contributed by atoms with Crippen LogP contribution in [0.2, 0.25) is 0 Å². The smallest absolute Gasteiger partial charge is 0.0758 e.